The van der Waals surface area contributed by atoms with Gasteiger partial charge in [-0.2, -0.15) is 0 Å². The van der Waals surface area contributed by atoms with Crippen LogP contribution in [0.2, 0.25) is 0 Å². The van der Waals surface area contributed by atoms with E-state index in [2.05, 4.69) is 4.72 Å². The van der Waals surface area contributed by atoms with Crippen molar-refractivity contribution in [3.63, 3.8) is 0 Å². The molecule has 3 rings (SSSR count). The number of carbonyl (C=O) groups is 1. The molecule has 1 N–H and O–H groups in total. The van der Waals surface area contributed by atoms with E-state index in [4.69, 9.17) is 14.2 Å². The Morgan fingerprint density at radius 1 is 1.00 bits per heavy atom. The SMILES string of the molecule is COc1ccccc1OCCNS(=O)(=O)c1ccc(OC)c(C(=O)N2CCCC2)c1. The fourth-order valence-corrected chi connectivity index (χ4v) is 4.31. The Morgan fingerprint density at radius 3 is 2.33 bits per heavy atom. The predicted octanol–water partition coefficient (Wildman–Crippen LogP) is 2.30. The maximum atomic E-state index is 12.8. The van der Waals surface area contributed by atoms with Crippen LogP contribution in [0.4, 0.5) is 0 Å². The van der Waals surface area contributed by atoms with Crippen molar-refractivity contribution in [1.82, 2.24) is 9.62 Å². The number of sulfonamides is 1. The number of carbonyl (C=O) groups excluding carboxylic acids is 1. The van der Waals surface area contributed by atoms with Crippen molar-refractivity contribution in [3.05, 3.63) is 48.0 Å². The summed E-state index contributed by atoms with van der Waals surface area (Å²) in [7, 11) is -0.829. The van der Waals surface area contributed by atoms with Crippen LogP contribution in [0.1, 0.15) is 23.2 Å². The Bertz CT molecular complexity index is 987. The third-order valence-electron chi connectivity index (χ3n) is 4.83. The number of rotatable bonds is 9. The molecule has 0 radical (unpaired) electrons. The summed E-state index contributed by atoms with van der Waals surface area (Å²) in [5, 5.41) is 0. The standard InChI is InChI=1S/C21H26N2O6S/c1-27-18-10-9-16(15-17(18)21(24)23-12-5-6-13-23)30(25,26)22-11-14-29-20-8-4-3-7-19(20)28-2/h3-4,7-10,15,22H,5-6,11-14H2,1-2H3. The van der Waals surface area contributed by atoms with Crippen LogP contribution in [0.5, 0.6) is 17.2 Å². The lowest BCUT2D eigenvalue weighted by atomic mass is 10.1. The van der Waals surface area contributed by atoms with Crippen molar-refractivity contribution in [2.75, 3.05) is 40.5 Å². The highest BCUT2D eigenvalue weighted by Gasteiger charge is 2.25. The van der Waals surface area contributed by atoms with Crippen LogP contribution in [0.25, 0.3) is 0 Å². The minimum absolute atomic E-state index is 0.00291. The second-order valence-corrected chi connectivity index (χ2v) is 8.53. The molecule has 0 aromatic heterocycles. The molecular formula is C21H26N2O6S. The van der Waals surface area contributed by atoms with Gasteiger partial charge < -0.3 is 19.1 Å². The Balaban J connectivity index is 1.67. The molecule has 162 valence electrons. The van der Waals surface area contributed by atoms with Gasteiger partial charge in [-0.1, -0.05) is 12.1 Å². The molecule has 1 fully saturated rings. The van der Waals surface area contributed by atoms with Crippen molar-refractivity contribution >= 4 is 15.9 Å². The van der Waals surface area contributed by atoms with E-state index in [0.29, 0.717) is 30.3 Å². The van der Waals surface area contributed by atoms with Crippen LogP contribution >= 0.6 is 0 Å². The number of benzene rings is 2. The number of nitrogens with zero attached hydrogens (tertiary/aromatic N) is 1. The lowest BCUT2D eigenvalue weighted by molar-refractivity contribution is 0.0789. The Labute approximate surface area is 176 Å². The van der Waals surface area contributed by atoms with Gasteiger partial charge in [0.05, 0.1) is 24.7 Å². The minimum Gasteiger partial charge on any atom is -0.496 e. The van der Waals surface area contributed by atoms with Crippen molar-refractivity contribution in [2.24, 2.45) is 0 Å². The smallest absolute Gasteiger partial charge is 0.257 e. The third kappa shape index (κ3) is 5.03. The maximum absolute atomic E-state index is 12.8. The lowest BCUT2D eigenvalue weighted by Gasteiger charge is -2.18. The quantitative estimate of drug-likeness (QED) is 0.609. The van der Waals surface area contributed by atoms with Gasteiger partial charge >= 0.3 is 0 Å². The molecule has 0 aliphatic carbocycles. The van der Waals surface area contributed by atoms with Gasteiger partial charge in [-0.15, -0.1) is 0 Å². The second-order valence-electron chi connectivity index (χ2n) is 6.76. The number of nitrogens with one attached hydrogen (secondary N) is 1. The Hall–Kier alpha value is -2.78. The molecule has 8 nitrogen and oxygen atoms in total. The second kappa shape index (κ2) is 9.82. The zero-order chi connectivity index (χ0) is 21.6. The highest BCUT2D eigenvalue weighted by atomic mass is 32.2. The molecule has 1 amide bonds. The highest BCUT2D eigenvalue weighted by molar-refractivity contribution is 7.89. The first-order valence-electron chi connectivity index (χ1n) is 9.69. The lowest BCUT2D eigenvalue weighted by Crippen LogP contribution is -2.30. The van der Waals surface area contributed by atoms with Gasteiger partial charge in [0.15, 0.2) is 11.5 Å². The van der Waals surface area contributed by atoms with Crippen LogP contribution in [0, 0.1) is 0 Å². The van der Waals surface area contributed by atoms with E-state index in [1.807, 2.05) is 6.07 Å². The molecule has 0 unspecified atom stereocenters. The van der Waals surface area contributed by atoms with Crippen molar-refractivity contribution < 1.29 is 27.4 Å². The van der Waals surface area contributed by atoms with Crippen LogP contribution in [-0.4, -0.2) is 59.7 Å². The molecule has 1 aliphatic rings. The Kier molecular flexibility index (Phi) is 7.17. The zero-order valence-corrected chi connectivity index (χ0v) is 17.9. The van der Waals surface area contributed by atoms with Crippen LogP contribution < -0.4 is 18.9 Å². The van der Waals surface area contributed by atoms with Crippen molar-refractivity contribution in [3.8, 4) is 17.2 Å². The van der Waals surface area contributed by atoms with Gasteiger partial charge in [-0.25, -0.2) is 13.1 Å². The van der Waals surface area contributed by atoms with Crippen LogP contribution in [0.3, 0.4) is 0 Å². The summed E-state index contributed by atoms with van der Waals surface area (Å²) in [5.41, 5.74) is 0.243. The van der Waals surface area contributed by atoms with E-state index in [1.54, 1.807) is 23.1 Å². The third-order valence-corrected chi connectivity index (χ3v) is 6.28. The molecular weight excluding hydrogens is 408 g/mol. The summed E-state index contributed by atoms with van der Waals surface area (Å²) >= 11 is 0. The number of likely N-dealkylation sites (tertiary alicyclic amines) is 1. The average Bonchev–Trinajstić information content (AvgIpc) is 3.31. The number of amides is 1. The van der Waals surface area contributed by atoms with Crippen LogP contribution in [0.15, 0.2) is 47.4 Å². The maximum Gasteiger partial charge on any atom is 0.257 e. The van der Waals surface area contributed by atoms with E-state index in [0.717, 1.165) is 12.8 Å². The summed E-state index contributed by atoms with van der Waals surface area (Å²) in [6.45, 7) is 1.51. The largest absolute Gasteiger partial charge is 0.496 e. The van der Waals surface area contributed by atoms with Gasteiger partial charge in [0, 0.05) is 19.6 Å². The van der Waals surface area contributed by atoms with E-state index in [-0.39, 0.29) is 29.5 Å². The average molecular weight is 435 g/mol. The molecule has 0 bridgehead atoms. The number of hydrogen-bond acceptors (Lipinski definition) is 6. The van der Waals surface area contributed by atoms with E-state index >= 15 is 0 Å². The fraction of sp³-hybridized carbons (Fsp3) is 0.381. The van der Waals surface area contributed by atoms with Crippen molar-refractivity contribution in [1.29, 1.82) is 0 Å². The van der Waals surface area contributed by atoms with Gasteiger partial charge in [0.25, 0.3) is 5.91 Å². The monoisotopic (exact) mass is 434 g/mol. The number of ether oxygens (including phenoxy) is 3. The van der Waals surface area contributed by atoms with Gasteiger partial charge in [-0.05, 0) is 43.2 Å². The van der Waals surface area contributed by atoms with Gasteiger partial charge in [-0.3, -0.25) is 4.79 Å². The molecule has 2 aromatic carbocycles. The molecule has 9 heteroatoms. The topological polar surface area (TPSA) is 94.2 Å². The number of hydrogen-bond donors (Lipinski definition) is 1. The Morgan fingerprint density at radius 2 is 1.67 bits per heavy atom. The molecule has 0 saturated carbocycles. The summed E-state index contributed by atoms with van der Waals surface area (Å²) in [6, 6.07) is 11.4. The predicted molar refractivity (Wildman–Crippen MR) is 112 cm³/mol. The van der Waals surface area contributed by atoms with E-state index in [9.17, 15) is 13.2 Å². The van der Waals surface area contributed by atoms with Crippen LogP contribution in [-0.2, 0) is 10.0 Å². The first-order chi connectivity index (χ1) is 14.5. The highest BCUT2D eigenvalue weighted by Crippen LogP contribution is 2.26. The summed E-state index contributed by atoms with van der Waals surface area (Å²) in [4.78, 5) is 14.5. The van der Waals surface area contributed by atoms with Gasteiger partial charge in [0.1, 0.15) is 12.4 Å². The molecule has 30 heavy (non-hydrogen) atoms. The van der Waals surface area contributed by atoms with E-state index in [1.165, 1.54) is 32.4 Å². The fourth-order valence-electron chi connectivity index (χ4n) is 3.27. The number of para-hydroxylation sites is 2. The number of methoxy groups -OCH3 is 2. The molecule has 1 saturated heterocycles. The zero-order valence-electron chi connectivity index (χ0n) is 17.1. The first kappa shape index (κ1) is 21.9. The minimum atomic E-state index is -3.82. The summed E-state index contributed by atoms with van der Waals surface area (Å²) in [6.07, 6.45) is 1.89. The van der Waals surface area contributed by atoms with Crippen molar-refractivity contribution in [2.45, 2.75) is 17.7 Å². The molecule has 0 spiro atoms. The van der Waals surface area contributed by atoms with E-state index < -0.39 is 10.0 Å². The summed E-state index contributed by atoms with van der Waals surface area (Å²) < 4.78 is 44.0. The van der Waals surface area contributed by atoms with Gasteiger partial charge in [0.2, 0.25) is 10.0 Å². The molecule has 1 heterocycles. The first-order valence-corrected chi connectivity index (χ1v) is 11.2. The normalized spacial score (nSPS) is 13.9. The molecule has 0 atom stereocenters. The summed E-state index contributed by atoms with van der Waals surface area (Å²) in [5.74, 6) is 1.23. The molecule has 1 aliphatic heterocycles. The molecule has 2 aromatic rings.